The topological polar surface area (TPSA) is 72.3 Å². The fraction of sp³-hybridized carbons (Fsp3) is 0.375. The first-order valence-corrected chi connectivity index (χ1v) is 11.9. The molecule has 0 aliphatic carbocycles. The predicted octanol–water partition coefficient (Wildman–Crippen LogP) is 3.34. The van der Waals surface area contributed by atoms with Gasteiger partial charge in [0.05, 0.1) is 26.0 Å². The van der Waals surface area contributed by atoms with Crippen molar-refractivity contribution in [3.05, 3.63) is 71.5 Å². The highest BCUT2D eigenvalue weighted by molar-refractivity contribution is 7.99. The molecule has 3 aromatic rings. The van der Waals surface area contributed by atoms with Gasteiger partial charge in [-0.25, -0.2) is 0 Å². The first-order valence-electron chi connectivity index (χ1n) is 10.9. The van der Waals surface area contributed by atoms with E-state index in [0.29, 0.717) is 18.8 Å². The van der Waals surface area contributed by atoms with E-state index >= 15 is 0 Å². The summed E-state index contributed by atoms with van der Waals surface area (Å²) in [4.78, 5) is 14.9. The number of hydrogen-bond acceptors (Lipinski definition) is 6. The second-order valence-corrected chi connectivity index (χ2v) is 8.81. The van der Waals surface area contributed by atoms with Gasteiger partial charge in [0.25, 0.3) is 0 Å². The van der Waals surface area contributed by atoms with Crippen molar-refractivity contribution in [2.45, 2.75) is 37.6 Å². The van der Waals surface area contributed by atoms with E-state index in [1.165, 1.54) is 30.2 Å². The van der Waals surface area contributed by atoms with E-state index in [4.69, 9.17) is 4.74 Å². The van der Waals surface area contributed by atoms with Crippen LogP contribution in [0.5, 0.6) is 5.75 Å². The molecule has 168 valence electrons. The van der Waals surface area contributed by atoms with E-state index < -0.39 is 0 Å². The van der Waals surface area contributed by atoms with Crippen molar-refractivity contribution in [1.82, 2.24) is 25.0 Å². The molecule has 0 spiro atoms. The summed E-state index contributed by atoms with van der Waals surface area (Å²) in [7, 11) is 1.64. The maximum atomic E-state index is 12.4. The standard InChI is InChI=1S/C24H29N5O2S/c1-31-21-11-9-19(10-12-21)15-25-23(30)18-32-24-27-26-22(17-28-13-5-6-14-28)29(24)16-20-7-3-2-4-8-20/h2-4,7-12H,5-6,13-18H2,1H3,(H,25,30). The third kappa shape index (κ3) is 6.11. The lowest BCUT2D eigenvalue weighted by Crippen LogP contribution is -2.25. The van der Waals surface area contributed by atoms with Gasteiger partial charge in [-0.15, -0.1) is 10.2 Å². The van der Waals surface area contributed by atoms with Gasteiger partial charge < -0.3 is 14.6 Å². The Morgan fingerprint density at radius 3 is 2.47 bits per heavy atom. The summed E-state index contributed by atoms with van der Waals surface area (Å²) >= 11 is 1.43. The molecule has 1 aliphatic heterocycles. The minimum absolute atomic E-state index is 0.0267. The largest absolute Gasteiger partial charge is 0.497 e. The highest BCUT2D eigenvalue weighted by Crippen LogP contribution is 2.21. The molecule has 0 bridgehead atoms. The SMILES string of the molecule is COc1ccc(CNC(=O)CSc2nnc(CN3CCCC3)n2Cc2ccccc2)cc1. The van der Waals surface area contributed by atoms with Crippen LogP contribution in [0.25, 0.3) is 0 Å². The van der Waals surface area contributed by atoms with Gasteiger partial charge in [0, 0.05) is 6.54 Å². The van der Waals surface area contributed by atoms with Crippen molar-refractivity contribution in [2.24, 2.45) is 0 Å². The number of carbonyl (C=O) groups excluding carboxylic acids is 1. The van der Waals surface area contributed by atoms with Crippen molar-refractivity contribution in [3.63, 3.8) is 0 Å². The Labute approximate surface area is 193 Å². The molecule has 2 heterocycles. The molecule has 0 unspecified atom stereocenters. The van der Waals surface area contributed by atoms with Crippen molar-refractivity contribution in [1.29, 1.82) is 0 Å². The summed E-state index contributed by atoms with van der Waals surface area (Å²) in [6.07, 6.45) is 2.48. The molecule has 4 rings (SSSR count). The average molecular weight is 452 g/mol. The van der Waals surface area contributed by atoms with Gasteiger partial charge in [0.15, 0.2) is 5.16 Å². The number of amides is 1. The van der Waals surface area contributed by atoms with Gasteiger partial charge in [-0.3, -0.25) is 9.69 Å². The number of thioether (sulfide) groups is 1. The Kier molecular flexibility index (Phi) is 7.79. The van der Waals surface area contributed by atoms with Crippen LogP contribution in [-0.4, -0.2) is 51.5 Å². The van der Waals surface area contributed by atoms with Gasteiger partial charge in [-0.1, -0.05) is 54.2 Å². The minimum atomic E-state index is -0.0267. The van der Waals surface area contributed by atoms with Gasteiger partial charge in [-0.05, 0) is 49.2 Å². The lowest BCUT2D eigenvalue weighted by atomic mass is 10.2. The smallest absolute Gasteiger partial charge is 0.230 e. The Balaban J connectivity index is 1.37. The minimum Gasteiger partial charge on any atom is -0.497 e. The van der Waals surface area contributed by atoms with E-state index in [9.17, 15) is 4.79 Å². The maximum absolute atomic E-state index is 12.4. The van der Waals surface area contributed by atoms with Crippen molar-refractivity contribution >= 4 is 17.7 Å². The van der Waals surface area contributed by atoms with Crippen molar-refractivity contribution < 1.29 is 9.53 Å². The number of nitrogens with zero attached hydrogens (tertiary/aromatic N) is 4. The quantitative estimate of drug-likeness (QED) is 0.477. The number of likely N-dealkylation sites (tertiary alicyclic amines) is 1. The molecule has 8 heteroatoms. The zero-order chi connectivity index (χ0) is 22.2. The normalized spacial score (nSPS) is 13.9. The number of carbonyl (C=O) groups is 1. The summed E-state index contributed by atoms with van der Waals surface area (Å²) in [5.41, 5.74) is 2.23. The first-order chi connectivity index (χ1) is 15.7. The van der Waals surface area contributed by atoms with Crippen molar-refractivity contribution in [2.75, 3.05) is 26.0 Å². The molecule has 1 fully saturated rings. The van der Waals surface area contributed by atoms with Gasteiger partial charge in [-0.2, -0.15) is 0 Å². The number of aromatic nitrogens is 3. The predicted molar refractivity (Wildman–Crippen MR) is 126 cm³/mol. The Hall–Kier alpha value is -2.84. The van der Waals surface area contributed by atoms with E-state index in [0.717, 1.165) is 41.9 Å². The summed E-state index contributed by atoms with van der Waals surface area (Å²) in [5.74, 6) is 2.03. The molecule has 1 saturated heterocycles. The molecule has 1 amide bonds. The lowest BCUT2D eigenvalue weighted by Gasteiger charge is -2.16. The van der Waals surface area contributed by atoms with Crippen LogP contribution in [0.2, 0.25) is 0 Å². The van der Waals surface area contributed by atoms with Gasteiger partial charge >= 0.3 is 0 Å². The van der Waals surface area contributed by atoms with E-state index in [1.54, 1.807) is 7.11 Å². The molecule has 0 atom stereocenters. The molecule has 2 aromatic carbocycles. The second-order valence-electron chi connectivity index (χ2n) is 7.87. The fourth-order valence-electron chi connectivity index (χ4n) is 3.73. The molecular formula is C24H29N5O2S. The van der Waals surface area contributed by atoms with Crippen LogP contribution in [0, 0.1) is 0 Å². The highest BCUT2D eigenvalue weighted by Gasteiger charge is 2.19. The van der Waals surface area contributed by atoms with Gasteiger partial charge in [0.2, 0.25) is 5.91 Å². The Bertz CT molecular complexity index is 1000. The number of benzene rings is 2. The number of rotatable bonds is 10. The monoisotopic (exact) mass is 451 g/mol. The maximum Gasteiger partial charge on any atom is 0.230 e. The molecule has 1 N–H and O–H groups in total. The van der Waals surface area contributed by atoms with Crippen LogP contribution >= 0.6 is 11.8 Å². The van der Waals surface area contributed by atoms with Crippen LogP contribution in [0.15, 0.2) is 59.8 Å². The van der Waals surface area contributed by atoms with Crippen LogP contribution in [0.4, 0.5) is 0 Å². The molecule has 7 nitrogen and oxygen atoms in total. The first kappa shape index (κ1) is 22.4. The third-order valence-corrected chi connectivity index (χ3v) is 6.49. The Morgan fingerprint density at radius 2 is 1.75 bits per heavy atom. The molecule has 32 heavy (non-hydrogen) atoms. The van der Waals surface area contributed by atoms with Crippen molar-refractivity contribution in [3.8, 4) is 5.75 Å². The molecule has 0 radical (unpaired) electrons. The Morgan fingerprint density at radius 1 is 1.00 bits per heavy atom. The summed E-state index contributed by atoms with van der Waals surface area (Å²) < 4.78 is 7.32. The van der Waals surface area contributed by atoms with Crippen LogP contribution in [0.1, 0.15) is 29.8 Å². The molecule has 0 saturated carbocycles. The van der Waals surface area contributed by atoms with E-state index in [1.807, 2.05) is 42.5 Å². The van der Waals surface area contributed by atoms with Crippen LogP contribution in [0.3, 0.4) is 0 Å². The zero-order valence-corrected chi connectivity index (χ0v) is 19.2. The van der Waals surface area contributed by atoms with Crippen LogP contribution < -0.4 is 10.1 Å². The average Bonchev–Trinajstić information content (AvgIpc) is 3.48. The second kappa shape index (κ2) is 11.2. The van der Waals surface area contributed by atoms with E-state index in [-0.39, 0.29) is 5.91 Å². The summed E-state index contributed by atoms with van der Waals surface area (Å²) in [6.45, 7) is 4.19. The summed E-state index contributed by atoms with van der Waals surface area (Å²) in [5, 5.41) is 12.6. The summed E-state index contributed by atoms with van der Waals surface area (Å²) in [6, 6.07) is 18.0. The van der Waals surface area contributed by atoms with E-state index in [2.05, 4.69) is 37.1 Å². The zero-order valence-electron chi connectivity index (χ0n) is 18.4. The highest BCUT2D eigenvalue weighted by atomic mass is 32.2. The number of hydrogen-bond donors (Lipinski definition) is 1. The van der Waals surface area contributed by atoms with Crippen LogP contribution in [-0.2, 0) is 24.4 Å². The van der Waals surface area contributed by atoms with Gasteiger partial charge in [0.1, 0.15) is 11.6 Å². The number of methoxy groups -OCH3 is 1. The molecule has 1 aromatic heterocycles. The number of nitrogens with one attached hydrogen (secondary N) is 1. The fourth-order valence-corrected chi connectivity index (χ4v) is 4.52. The third-order valence-electron chi connectivity index (χ3n) is 5.52. The molecule has 1 aliphatic rings. The number of ether oxygens (including phenoxy) is 1. The molecular weight excluding hydrogens is 422 g/mol. The lowest BCUT2D eigenvalue weighted by molar-refractivity contribution is -0.118.